The number of phenols is 1. The lowest BCUT2D eigenvalue weighted by Gasteiger charge is -2.13. The summed E-state index contributed by atoms with van der Waals surface area (Å²) in [4.78, 5) is 0. The topological polar surface area (TPSA) is 72.8 Å². The Balaban J connectivity index is 3.39. The normalized spacial score (nSPS) is 11.3. The van der Waals surface area contributed by atoms with E-state index >= 15 is 0 Å². The molecule has 0 aromatic heterocycles. The maximum Gasteiger partial charge on any atom is 0.236 e. The van der Waals surface area contributed by atoms with Crippen LogP contribution in [0.15, 0.2) is 10.5 Å². The Morgan fingerprint density at radius 2 is 2.00 bits per heavy atom. The summed E-state index contributed by atoms with van der Waals surface area (Å²) in [6, 6.07) is 1.36. The summed E-state index contributed by atoms with van der Waals surface area (Å²) in [7, 11) is 4.17. The van der Waals surface area contributed by atoms with Crippen molar-refractivity contribution in [3.63, 3.8) is 0 Å². The van der Waals surface area contributed by atoms with E-state index in [1.807, 2.05) is 0 Å². The van der Waals surface area contributed by atoms with Crippen molar-refractivity contribution in [3.05, 3.63) is 16.1 Å². The van der Waals surface area contributed by atoms with Crippen LogP contribution in [0.25, 0.3) is 0 Å². The first kappa shape index (κ1) is 14.4. The second-order valence-electron chi connectivity index (χ2n) is 3.12. The Bertz CT molecular complexity index is 529. The van der Waals surface area contributed by atoms with Gasteiger partial charge < -0.3 is 14.6 Å². The average molecular weight is 346 g/mol. The molecule has 5 nitrogen and oxygen atoms in total. The van der Waals surface area contributed by atoms with Crippen LogP contribution < -0.4 is 9.47 Å². The zero-order valence-electron chi connectivity index (χ0n) is 9.03. The van der Waals surface area contributed by atoms with Crippen LogP contribution in [0, 0.1) is 0 Å². The van der Waals surface area contributed by atoms with E-state index < -0.39 is 14.8 Å². The van der Waals surface area contributed by atoms with Crippen molar-refractivity contribution >= 4 is 35.7 Å². The summed E-state index contributed by atoms with van der Waals surface area (Å²) in [6.07, 6.45) is 0. The van der Waals surface area contributed by atoms with Gasteiger partial charge in [-0.1, -0.05) is 0 Å². The number of phenolic OH excluding ortho intramolecular Hbond substituents is 1. The molecule has 1 aromatic carbocycles. The van der Waals surface area contributed by atoms with Crippen LogP contribution >= 0.6 is 26.6 Å². The van der Waals surface area contributed by atoms with Gasteiger partial charge in [-0.05, 0) is 22.0 Å². The molecule has 0 aliphatic heterocycles. The highest BCUT2D eigenvalue weighted by Crippen LogP contribution is 2.44. The van der Waals surface area contributed by atoms with Crippen molar-refractivity contribution in [1.29, 1.82) is 0 Å². The second kappa shape index (κ2) is 5.32. The lowest BCUT2D eigenvalue weighted by Crippen LogP contribution is -1.99. The molecule has 0 radical (unpaired) electrons. The maximum atomic E-state index is 11.0. The molecule has 0 saturated carbocycles. The minimum absolute atomic E-state index is 0.129. The highest BCUT2D eigenvalue weighted by Gasteiger charge is 2.20. The Kier molecular flexibility index (Phi) is 4.51. The molecule has 0 amide bonds. The van der Waals surface area contributed by atoms with Crippen LogP contribution in [0.5, 0.6) is 17.2 Å². The first-order valence-corrected chi connectivity index (χ1v) is 7.62. The number of ether oxygens (including phenoxy) is 2. The van der Waals surface area contributed by atoms with Gasteiger partial charge in [0.05, 0.1) is 20.0 Å². The van der Waals surface area contributed by atoms with Gasteiger partial charge in [-0.2, -0.15) is 0 Å². The number of aromatic hydroxyl groups is 1. The number of rotatable bonds is 4. The summed E-state index contributed by atoms with van der Waals surface area (Å²) in [6.45, 7) is 0. The highest BCUT2D eigenvalue weighted by molar-refractivity contribution is 9.10. The van der Waals surface area contributed by atoms with Gasteiger partial charge in [0.15, 0.2) is 11.5 Å². The number of hydrogen-bond donors (Lipinski definition) is 1. The maximum absolute atomic E-state index is 11.0. The molecule has 0 aliphatic rings. The van der Waals surface area contributed by atoms with E-state index in [9.17, 15) is 13.5 Å². The molecule has 0 bridgehead atoms. The predicted octanol–water partition coefficient (Wildman–Crippen LogP) is 2.24. The lowest BCUT2D eigenvalue weighted by atomic mass is 10.2. The summed E-state index contributed by atoms with van der Waals surface area (Å²) in [5, 5.41) is 9.79. The van der Waals surface area contributed by atoms with Gasteiger partial charge in [-0.25, -0.2) is 8.42 Å². The fourth-order valence-corrected chi connectivity index (χ4v) is 2.84. The fraction of sp³-hybridized carbons (Fsp3) is 0.333. The van der Waals surface area contributed by atoms with E-state index in [0.29, 0.717) is 5.75 Å². The van der Waals surface area contributed by atoms with Gasteiger partial charge in [0.2, 0.25) is 9.05 Å². The van der Waals surface area contributed by atoms with Gasteiger partial charge in [-0.15, -0.1) is 0 Å². The van der Waals surface area contributed by atoms with Crippen LogP contribution in [0.4, 0.5) is 0 Å². The smallest absolute Gasteiger partial charge is 0.236 e. The van der Waals surface area contributed by atoms with Gasteiger partial charge in [-0.3, -0.25) is 0 Å². The minimum Gasteiger partial charge on any atom is -0.506 e. The number of methoxy groups -OCH3 is 2. The van der Waals surface area contributed by atoms with Crippen molar-refractivity contribution in [2.24, 2.45) is 0 Å². The van der Waals surface area contributed by atoms with Crippen LogP contribution in [0.3, 0.4) is 0 Å². The van der Waals surface area contributed by atoms with Gasteiger partial charge >= 0.3 is 0 Å². The Morgan fingerprint density at radius 1 is 1.41 bits per heavy atom. The molecular weight excluding hydrogens is 336 g/mol. The number of hydrogen-bond acceptors (Lipinski definition) is 5. The Hall–Kier alpha value is -0.660. The van der Waals surface area contributed by atoms with Crippen molar-refractivity contribution < 1.29 is 23.0 Å². The summed E-state index contributed by atoms with van der Waals surface area (Å²) in [5.41, 5.74) is 0.129. The largest absolute Gasteiger partial charge is 0.506 e. The van der Waals surface area contributed by atoms with Crippen LogP contribution in [0.2, 0.25) is 0 Å². The molecular formula is C9H10BrClO5S. The van der Waals surface area contributed by atoms with E-state index in [4.69, 9.17) is 20.2 Å². The molecule has 0 aliphatic carbocycles. The van der Waals surface area contributed by atoms with Crippen molar-refractivity contribution in [3.8, 4) is 17.2 Å². The third-order valence-electron chi connectivity index (χ3n) is 1.99. The molecule has 0 atom stereocenters. The number of halogens is 2. The standard InChI is InChI=1S/C9H10BrClO5S/c1-15-6-3-5(4-17(11,13)14)8(12)7(10)9(6)16-2/h3,12H,4H2,1-2H3. The van der Waals surface area contributed by atoms with E-state index in [2.05, 4.69) is 15.9 Å². The lowest BCUT2D eigenvalue weighted by molar-refractivity contribution is 0.348. The monoisotopic (exact) mass is 344 g/mol. The van der Waals surface area contributed by atoms with Crippen molar-refractivity contribution in [2.45, 2.75) is 5.75 Å². The predicted molar refractivity (Wildman–Crippen MR) is 67.4 cm³/mol. The van der Waals surface area contributed by atoms with Gasteiger partial charge in [0, 0.05) is 16.2 Å². The molecule has 0 saturated heterocycles. The second-order valence-corrected chi connectivity index (χ2v) is 6.69. The molecule has 96 valence electrons. The molecule has 0 fully saturated rings. The van der Waals surface area contributed by atoms with E-state index in [-0.39, 0.29) is 21.5 Å². The quantitative estimate of drug-likeness (QED) is 0.847. The van der Waals surface area contributed by atoms with Crippen LogP contribution in [0.1, 0.15) is 5.56 Å². The van der Waals surface area contributed by atoms with E-state index in [1.54, 1.807) is 0 Å². The Morgan fingerprint density at radius 3 is 2.41 bits per heavy atom. The number of benzene rings is 1. The molecule has 1 N–H and O–H groups in total. The zero-order valence-corrected chi connectivity index (χ0v) is 12.2. The summed E-state index contributed by atoms with van der Waals surface area (Å²) >= 11 is 3.10. The van der Waals surface area contributed by atoms with Crippen molar-refractivity contribution in [2.75, 3.05) is 14.2 Å². The summed E-state index contributed by atoms with van der Waals surface area (Å²) in [5.74, 6) is -0.167. The molecule has 1 aromatic rings. The first-order valence-electron chi connectivity index (χ1n) is 4.34. The SMILES string of the molecule is COc1cc(CS(=O)(=O)Cl)c(O)c(Br)c1OC. The molecule has 0 heterocycles. The minimum atomic E-state index is -3.77. The van der Waals surface area contributed by atoms with Crippen molar-refractivity contribution in [1.82, 2.24) is 0 Å². The average Bonchev–Trinajstić information content (AvgIpc) is 2.22. The fourth-order valence-electron chi connectivity index (χ4n) is 1.29. The Labute approximate surface area is 112 Å². The first-order chi connectivity index (χ1) is 7.80. The van der Waals surface area contributed by atoms with Crippen LogP contribution in [-0.2, 0) is 14.8 Å². The molecule has 8 heteroatoms. The van der Waals surface area contributed by atoms with Gasteiger partial charge in [0.1, 0.15) is 10.2 Å². The zero-order chi connectivity index (χ0) is 13.2. The van der Waals surface area contributed by atoms with Crippen LogP contribution in [-0.4, -0.2) is 27.7 Å². The highest BCUT2D eigenvalue weighted by atomic mass is 79.9. The van der Waals surface area contributed by atoms with Gasteiger partial charge in [0.25, 0.3) is 0 Å². The third-order valence-corrected chi connectivity index (χ3v) is 3.71. The van der Waals surface area contributed by atoms with E-state index in [1.165, 1.54) is 20.3 Å². The molecule has 17 heavy (non-hydrogen) atoms. The summed E-state index contributed by atoms with van der Waals surface area (Å²) < 4.78 is 32.2. The molecule has 0 unspecified atom stereocenters. The molecule has 1 rings (SSSR count). The third kappa shape index (κ3) is 3.40. The van der Waals surface area contributed by atoms with E-state index in [0.717, 1.165) is 0 Å². The molecule has 0 spiro atoms.